The molecule has 2 aromatic rings. The zero-order valence-corrected chi connectivity index (χ0v) is 9.53. The lowest BCUT2D eigenvalue weighted by Gasteiger charge is -2.06. The molecule has 2 aromatic heterocycles. The molecule has 0 amide bonds. The van der Waals surface area contributed by atoms with E-state index in [1.54, 1.807) is 6.26 Å². The van der Waals surface area contributed by atoms with E-state index in [9.17, 15) is 0 Å². The fourth-order valence-electron chi connectivity index (χ4n) is 1.18. The van der Waals surface area contributed by atoms with Gasteiger partial charge in [-0.25, -0.2) is 4.98 Å². The van der Waals surface area contributed by atoms with Crippen molar-refractivity contribution in [3.8, 4) is 5.88 Å². The van der Waals surface area contributed by atoms with Gasteiger partial charge in [-0.2, -0.15) is 4.98 Å². The van der Waals surface area contributed by atoms with Crippen LogP contribution in [-0.2, 0) is 5.75 Å². The zero-order chi connectivity index (χ0) is 11.4. The van der Waals surface area contributed by atoms with Gasteiger partial charge < -0.3 is 14.9 Å². The molecule has 0 aliphatic carbocycles. The Bertz CT molecular complexity index is 459. The van der Waals surface area contributed by atoms with Gasteiger partial charge in [0.25, 0.3) is 0 Å². The molecule has 2 N–H and O–H groups in total. The Kier molecular flexibility index (Phi) is 3.31. The average Bonchev–Trinajstić information content (AvgIpc) is 2.81. The number of hydrogen-bond acceptors (Lipinski definition) is 6. The van der Waals surface area contributed by atoms with E-state index in [0.29, 0.717) is 22.3 Å². The molecule has 0 bridgehead atoms. The highest BCUT2D eigenvalue weighted by molar-refractivity contribution is 7.98. The molecule has 16 heavy (non-hydrogen) atoms. The van der Waals surface area contributed by atoms with E-state index in [1.807, 2.05) is 12.1 Å². The Hall–Kier alpha value is -1.69. The minimum atomic E-state index is 0.400. The molecule has 0 aromatic carbocycles. The number of furan rings is 1. The lowest BCUT2D eigenvalue weighted by atomic mass is 10.5. The maximum atomic E-state index is 5.83. The first kappa shape index (κ1) is 10.8. The summed E-state index contributed by atoms with van der Waals surface area (Å²) in [7, 11) is 1.53. The monoisotopic (exact) mass is 237 g/mol. The molecule has 6 heteroatoms. The van der Waals surface area contributed by atoms with Crippen LogP contribution in [0.4, 0.5) is 5.69 Å². The van der Waals surface area contributed by atoms with Crippen molar-refractivity contribution in [3.63, 3.8) is 0 Å². The van der Waals surface area contributed by atoms with Gasteiger partial charge in [-0.3, -0.25) is 0 Å². The predicted molar refractivity (Wildman–Crippen MR) is 61.3 cm³/mol. The number of rotatable bonds is 4. The van der Waals surface area contributed by atoms with Crippen molar-refractivity contribution in [3.05, 3.63) is 30.5 Å². The maximum Gasteiger partial charge on any atom is 0.241 e. The summed E-state index contributed by atoms with van der Waals surface area (Å²) in [6.45, 7) is 0. The van der Waals surface area contributed by atoms with Crippen LogP contribution in [0, 0.1) is 0 Å². The molecule has 0 spiro atoms. The van der Waals surface area contributed by atoms with Gasteiger partial charge in [0.1, 0.15) is 22.8 Å². The fourth-order valence-corrected chi connectivity index (χ4v) is 1.98. The molecule has 0 saturated carbocycles. The standard InChI is InChI=1S/C10H11N3O2S/c1-14-9-8(11)10(13-6-12-9)16-5-7-3-2-4-15-7/h2-4,6H,5,11H2,1H3. The average molecular weight is 237 g/mol. The number of nitrogens with two attached hydrogens (primary N) is 1. The molecule has 2 heterocycles. The summed E-state index contributed by atoms with van der Waals surface area (Å²) in [6.07, 6.45) is 3.07. The van der Waals surface area contributed by atoms with Crippen molar-refractivity contribution >= 4 is 17.4 Å². The lowest BCUT2D eigenvalue weighted by molar-refractivity contribution is 0.397. The molecule has 0 unspecified atom stereocenters. The summed E-state index contributed by atoms with van der Waals surface area (Å²) < 4.78 is 10.2. The van der Waals surface area contributed by atoms with E-state index in [0.717, 1.165) is 5.76 Å². The second-order valence-electron chi connectivity index (χ2n) is 2.97. The van der Waals surface area contributed by atoms with E-state index < -0.39 is 0 Å². The summed E-state index contributed by atoms with van der Waals surface area (Å²) in [4.78, 5) is 8.00. The summed E-state index contributed by atoms with van der Waals surface area (Å²) in [5.41, 5.74) is 6.29. The van der Waals surface area contributed by atoms with E-state index in [4.69, 9.17) is 14.9 Å². The van der Waals surface area contributed by atoms with Crippen molar-refractivity contribution in [2.75, 3.05) is 12.8 Å². The molecule has 0 saturated heterocycles. The van der Waals surface area contributed by atoms with Gasteiger partial charge in [-0.15, -0.1) is 0 Å². The first-order chi connectivity index (χ1) is 7.81. The van der Waals surface area contributed by atoms with Crippen molar-refractivity contribution in [1.29, 1.82) is 0 Å². The Labute approximate surface area is 97.0 Å². The number of methoxy groups -OCH3 is 1. The molecule has 0 fully saturated rings. The molecule has 0 atom stereocenters. The van der Waals surface area contributed by atoms with E-state index in [2.05, 4.69) is 9.97 Å². The van der Waals surface area contributed by atoms with Crippen LogP contribution < -0.4 is 10.5 Å². The number of nitrogen functional groups attached to an aromatic ring is 1. The van der Waals surface area contributed by atoms with Gasteiger partial charge in [0.15, 0.2) is 0 Å². The number of aromatic nitrogens is 2. The van der Waals surface area contributed by atoms with E-state index in [-0.39, 0.29) is 0 Å². The molecule has 0 radical (unpaired) electrons. The Morgan fingerprint density at radius 3 is 3.06 bits per heavy atom. The van der Waals surface area contributed by atoms with Crippen molar-refractivity contribution in [2.24, 2.45) is 0 Å². The third-order valence-electron chi connectivity index (χ3n) is 1.94. The van der Waals surface area contributed by atoms with Crippen LogP contribution in [-0.4, -0.2) is 17.1 Å². The lowest BCUT2D eigenvalue weighted by Crippen LogP contribution is -1.99. The summed E-state index contributed by atoms with van der Waals surface area (Å²) >= 11 is 1.48. The van der Waals surface area contributed by atoms with Crippen LogP contribution in [0.1, 0.15) is 5.76 Å². The largest absolute Gasteiger partial charge is 0.479 e. The van der Waals surface area contributed by atoms with Gasteiger partial charge in [0.2, 0.25) is 5.88 Å². The van der Waals surface area contributed by atoms with Gasteiger partial charge in [0, 0.05) is 0 Å². The summed E-state index contributed by atoms with van der Waals surface area (Å²) in [5, 5.41) is 0.697. The molecular weight excluding hydrogens is 226 g/mol. The van der Waals surface area contributed by atoms with Gasteiger partial charge in [-0.05, 0) is 12.1 Å². The smallest absolute Gasteiger partial charge is 0.241 e. The number of thioether (sulfide) groups is 1. The zero-order valence-electron chi connectivity index (χ0n) is 8.71. The first-order valence-corrected chi connectivity index (χ1v) is 5.59. The number of anilines is 1. The summed E-state index contributed by atoms with van der Waals surface area (Å²) in [5.74, 6) is 1.95. The second-order valence-corrected chi connectivity index (χ2v) is 3.93. The van der Waals surface area contributed by atoms with Crippen LogP contribution >= 0.6 is 11.8 Å². The Balaban J connectivity index is 2.09. The molecule has 0 aliphatic heterocycles. The van der Waals surface area contributed by atoms with E-state index >= 15 is 0 Å². The maximum absolute atomic E-state index is 5.83. The SMILES string of the molecule is COc1ncnc(SCc2ccco2)c1N. The number of hydrogen-bond donors (Lipinski definition) is 1. The molecule has 5 nitrogen and oxygen atoms in total. The van der Waals surface area contributed by atoms with Crippen molar-refractivity contribution in [1.82, 2.24) is 9.97 Å². The first-order valence-electron chi connectivity index (χ1n) is 4.61. The predicted octanol–water partition coefficient (Wildman–Crippen LogP) is 1.95. The Morgan fingerprint density at radius 2 is 2.38 bits per heavy atom. The van der Waals surface area contributed by atoms with Crippen molar-refractivity contribution in [2.45, 2.75) is 10.8 Å². The highest BCUT2D eigenvalue weighted by Crippen LogP contribution is 2.30. The van der Waals surface area contributed by atoms with Gasteiger partial charge in [0.05, 0.1) is 19.1 Å². The minimum absolute atomic E-state index is 0.400. The molecule has 2 rings (SSSR count). The summed E-state index contributed by atoms with van der Waals surface area (Å²) in [6, 6.07) is 3.75. The molecule has 0 aliphatic rings. The molecular formula is C10H11N3O2S. The fraction of sp³-hybridized carbons (Fsp3) is 0.200. The van der Waals surface area contributed by atoms with Crippen molar-refractivity contribution < 1.29 is 9.15 Å². The third-order valence-corrected chi connectivity index (χ3v) is 2.96. The molecule has 84 valence electrons. The van der Waals surface area contributed by atoms with Crippen LogP contribution in [0.15, 0.2) is 34.2 Å². The third kappa shape index (κ3) is 2.27. The number of ether oxygens (including phenoxy) is 1. The van der Waals surface area contributed by atoms with Gasteiger partial charge >= 0.3 is 0 Å². The van der Waals surface area contributed by atoms with Crippen LogP contribution in [0.2, 0.25) is 0 Å². The normalized spacial score (nSPS) is 10.3. The highest BCUT2D eigenvalue weighted by atomic mass is 32.2. The van der Waals surface area contributed by atoms with E-state index in [1.165, 1.54) is 25.2 Å². The topological polar surface area (TPSA) is 74.2 Å². The van der Waals surface area contributed by atoms with Gasteiger partial charge in [-0.1, -0.05) is 11.8 Å². The van der Waals surface area contributed by atoms with Crippen LogP contribution in [0.5, 0.6) is 5.88 Å². The quantitative estimate of drug-likeness (QED) is 0.647. The van der Waals surface area contributed by atoms with Crippen LogP contribution in [0.25, 0.3) is 0 Å². The highest BCUT2D eigenvalue weighted by Gasteiger charge is 2.09. The number of nitrogens with zero attached hydrogens (tertiary/aromatic N) is 2. The second kappa shape index (κ2) is 4.89. The minimum Gasteiger partial charge on any atom is -0.479 e. The van der Waals surface area contributed by atoms with Crippen LogP contribution in [0.3, 0.4) is 0 Å². The Morgan fingerprint density at radius 1 is 1.50 bits per heavy atom.